The Morgan fingerprint density at radius 3 is 3.00 bits per heavy atom. The molecule has 1 aromatic heterocycles. The van der Waals surface area contributed by atoms with Gasteiger partial charge in [-0.25, -0.2) is 0 Å². The van der Waals surface area contributed by atoms with Crippen molar-refractivity contribution in [3.8, 4) is 17.3 Å². The van der Waals surface area contributed by atoms with Gasteiger partial charge in [0.05, 0.1) is 6.04 Å². The number of benzene rings is 1. The summed E-state index contributed by atoms with van der Waals surface area (Å²) >= 11 is 12.5. The number of fused-ring (bicyclic) bond motifs is 4. The molecule has 144 valence electrons. The fraction of sp³-hybridized carbons (Fsp3) is 0.368. The van der Waals surface area contributed by atoms with E-state index in [1.54, 1.807) is 0 Å². The van der Waals surface area contributed by atoms with Crippen LogP contribution in [0.5, 0.6) is 0 Å². The summed E-state index contributed by atoms with van der Waals surface area (Å²) in [7, 11) is 0. The molecular formula is C19H18Cl2N6O. The van der Waals surface area contributed by atoms with Crippen molar-refractivity contribution in [1.29, 1.82) is 0 Å². The second kappa shape index (κ2) is 6.14. The summed E-state index contributed by atoms with van der Waals surface area (Å²) in [4.78, 5) is 6.97. The highest BCUT2D eigenvalue weighted by Crippen LogP contribution is 2.58. The topological polar surface area (TPSA) is 71.2 Å². The van der Waals surface area contributed by atoms with Crippen molar-refractivity contribution in [2.75, 3.05) is 29.9 Å². The molecule has 0 amide bonds. The maximum atomic E-state index is 6.38. The fourth-order valence-electron chi connectivity index (χ4n) is 4.26. The van der Waals surface area contributed by atoms with E-state index in [1.165, 1.54) is 5.69 Å². The zero-order chi connectivity index (χ0) is 18.8. The summed E-state index contributed by atoms with van der Waals surface area (Å²) in [6, 6.07) is 5.80. The van der Waals surface area contributed by atoms with Crippen molar-refractivity contribution in [2.45, 2.75) is 25.4 Å². The van der Waals surface area contributed by atoms with Gasteiger partial charge in [0.15, 0.2) is 5.82 Å². The zero-order valence-electron chi connectivity index (χ0n) is 15.0. The van der Waals surface area contributed by atoms with E-state index >= 15 is 0 Å². The molecule has 28 heavy (non-hydrogen) atoms. The van der Waals surface area contributed by atoms with Gasteiger partial charge in [-0.05, 0) is 43.1 Å². The maximum Gasteiger partial charge on any atom is 0.277 e. The number of nitrogens with zero attached hydrogens (tertiary/aromatic N) is 4. The summed E-state index contributed by atoms with van der Waals surface area (Å²) in [6.07, 6.45) is 2.20. The molecule has 1 saturated heterocycles. The number of hydrogen-bond donors (Lipinski definition) is 2. The molecule has 4 aliphatic rings. The van der Waals surface area contributed by atoms with Gasteiger partial charge in [0.1, 0.15) is 22.9 Å². The van der Waals surface area contributed by atoms with Crippen LogP contribution >= 0.6 is 23.2 Å². The van der Waals surface area contributed by atoms with Crippen LogP contribution in [0.4, 0.5) is 11.5 Å². The standard InChI is InChI=1S/C19H18Cl2N6O/c20-11-3-4-12(21)10(8-11)9-26-7-6-23-18-15(26)14-16(27(14)18)19-24-17(25-28-19)13-2-1-5-22-13/h3-4,8,13,22-23H,1-2,5-7,9H2. The monoisotopic (exact) mass is 416 g/mol. The number of anilines is 2. The van der Waals surface area contributed by atoms with E-state index in [2.05, 4.69) is 30.2 Å². The number of aromatic nitrogens is 3. The molecule has 6 rings (SSSR count). The first-order valence-electron chi connectivity index (χ1n) is 9.50. The summed E-state index contributed by atoms with van der Waals surface area (Å²) < 4.78 is 7.72. The molecule has 1 atom stereocenters. The molecule has 7 nitrogen and oxygen atoms in total. The molecule has 0 radical (unpaired) electrons. The lowest BCUT2D eigenvalue weighted by Gasteiger charge is -2.34. The molecule has 9 heteroatoms. The van der Waals surface area contributed by atoms with Crippen molar-refractivity contribution in [2.24, 2.45) is 0 Å². The predicted octanol–water partition coefficient (Wildman–Crippen LogP) is 4.00. The largest absolute Gasteiger partial charge is 0.368 e. The molecule has 2 aromatic rings. The lowest BCUT2D eigenvalue weighted by atomic mass is 10.1. The van der Waals surface area contributed by atoms with Gasteiger partial charge in [-0.2, -0.15) is 4.98 Å². The van der Waals surface area contributed by atoms with Crippen LogP contribution in [0, 0.1) is 0 Å². The average Bonchev–Trinajstić information content (AvgIpc) is 3.08. The molecule has 0 aliphatic carbocycles. The molecule has 1 aromatic carbocycles. The maximum absolute atomic E-state index is 6.38. The number of rotatable bonds is 4. The van der Waals surface area contributed by atoms with Gasteiger partial charge in [-0.15, -0.1) is 0 Å². The zero-order valence-corrected chi connectivity index (χ0v) is 16.5. The van der Waals surface area contributed by atoms with Gasteiger partial charge in [-0.1, -0.05) is 28.4 Å². The number of nitrogens with one attached hydrogen (secondary N) is 2. The third kappa shape index (κ3) is 2.46. The second-order valence-electron chi connectivity index (χ2n) is 7.42. The normalized spacial score (nSPS) is 19.6. The van der Waals surface area contributed by atoms with Crippen molar-refractivity contribution < 1.29 is 4.52 Å². The summed E-state index contributed by atoms with van der Waals surface area (Å²) in [5, 5.41) is 12.5. The van der Waals surface area contributed by atoms with Gasteiger partial charge in [-0.3, -0.25) is 4.57 Å². The SMILES string of the molecule is Clc1ccc(Cl)c(CN2CCNc3c2c2c(-c4nc(C5CCCN5)no4)n3-2)c1. The van der Waals surface area contributed by atoms with Crippen molar-refractivity contribution in [3.63, 3.8) is 0 Å². The van der Waals surface area contributed by atoms with E-state index in [1.807, 2.05) is 18.2 Å². The van der Waals surface area contributed by atoms with Crippen LogP contribution in [0.15, 0.2) is 22.7 Å². The number of hydrogen-bond acceptors (Lipinski definition) is 6. The minimum atomic E-state index is 0.205. The third-order valence-corrected chi connectivity index (χ3v) is 6.27. The Kier molecular flexibility index (Phi) is 3.66. The van der Waals surface area contributed by atoms with Crippen LogP contribution < -0.4 is 15.5 Å². The fourth-order valence-corrected chi connectivity index (χ4v) is 4.63. The minimum absolute atomic E-state index is 0.205. The van der Waals surface area contributed by atoms with E-state index < -0.39 is 0 Å². The third-order valence-electron chi connectivity index (χ3n) is 5.67. The molecular weight excluding hydrogens is 399 g/mol. The smallest absolute Gasteiger partial charge is 0.277 e. The quantitative estimate of drug-likeness (QED) is 0.523. The van der Waals surface area contributed by atoms with Gasteiger partial charge >= 0.3 is 0 Å². The summed E-state index contributed by atoms with van der Waals surface area (Å²) in [5.74, 6) is 2.45. The van der Waals surface area contributed by atoms with Gasteiger partial charge in [0, 0.05) is 29.7 Å². The molecule has 0 bridgehead atoms. The molecule has 1 unspecified atom stereocenters. The van der Waals surface area contributed by atoms with Crippen LogP contribution in [0.2, 0.25) is 10.0 Å². The lowest BCUT2D eigenvalue weighted by Crippen LogP contribution is -2.36. The van der Waals surface area contributed by atoms with E-state index in [0.29, 0.717) is 17.5 Å². The van der Waals surface area contributed by atoms with Crippen LogP contribution in [0.25, 0.3) is 17.3 Å². The molecule has 2 N–H and O–H groups in total. The second-order valence-corrected chi connectivity index (χ2v) is 8.26. The van der Waals surface area contributed by atoms with Crippen molar-refractivity contribution in [3.05, 3.63) is 39.6 Å². The Balaban J connectivity index is 1.30. The highest BCUT2D eigenvalue weighted by atomic mass is 35.5. The highest BCUT2D eigenvalue weighted by molar-refractivity contribution is 6.33. The van der Waals surface area contributed by atoms with Gasteiger partial charge in [0.25, 0.3) is 5.89 Å². The van der Waals surface area contributed by atoms with Gasteiger partial charge in [0.2, 0.25) is 0 Å². The Hall–Kier alpha value is -2.22. The van der Waals surface area contributed by atoms with Crippen molar-refractivity contribution in [1.82, 2.24) is 20.0 Å². The number of halogens is 2. The van der Waals surface area contributed by atoms with Gasteiger partial charge < -0.3 is 20.1 Å². The first-order chi connectivity index (χ1) is 13.7. The van der Waals surface area contributed by atoms with Crippen molar-refractivity contribution >= 4 is 34.7 Å². The van der Waals surface area contributed by atoms with E-state index in [4.69, 9.17) is 27.7 Å². The van der Waals surface area contributed by atoms with E-state index in [-0.39, 0.29) is 6.04 Å². The van der Waals surface area contributed by atoms with Crippen LogP contribution in [-0.2, 0) is 6.54 Å². The first kappa shape index (κ1) is 16.7. The van der Waals surface area contributed by atoms with E-state index in [0.717, 1.165) is 66.1 Å². The Morgan fingerprint density at radius 1 is 1.21 bits per heavy atom. The lowest BCUT2D eigenvalue weighted by molar-refractivity contribution is 0.412. The summed E-state index contributed by atoms with van der Waals surface area (Å²) in [6.45, 7) is 3.49. The summed E-state index contributed by atoms with van der Waals surface area (Å²) in [5.41, 5.74) is 4.39. The molecule has 0 spiro atoms. The average molecular weight is 417 g/mol. The van der Waals surface area contributed by atoms with Crippen LogP contribution in [0.1, 0.15) is 30.3 Å². The van der Waals surface area contributed by atoms with Crippen LogP contribution in [-0.4, -0.2) is 34.3 Å². The molecule has 5 heterocycles. The van der Waals surface area contributed by atoms with E-state index in [9.17, 15) is 0 Å². The Labute approximate surface area is 171 Å². The highest BCUT2D eigenvalue weighted by Gasteiger charge is 2.45. The molecule has 1 fully saturated rings. The Morgan fingerprint density at radius 2 is 2.14 bits per heavy atom. The first-order valence-corrected chi connectivity index (χ1v) is 10.3. The Bertz CT molecular complexity index is 1080. The minimum Gasteiger partial charge on any atom is -0.368 e. The molecule has 0 saturated carbocycles. The predicted molar refractivity (Wildman–Crippen MR) is 109 cm³/mol. The molecule has 4 aliphatic heterocycles. The van der Waals surface area contributed by atoms with Crippen LogP contribution in [0.3, 0.4) is 0 Å².